The first-order valence-electron chi connectivity index (χ1n) is 2.08. The molecule has 0 aliphatic carbocycles. The summed E-state index contributed by atoms with van der Waals surface area (Å²) in [6.07, 6.45) is 0. The molecular formula is C4H6O4. The maximum absolute atomic E-state index is 9.92. The van der Waals surface area contributed by atoms with E-state index in [1.54, 1.807) is 6.92 Å². The molecule has 0 atom stereocenters. The van der Waals surface area contributed by atoms with E-state index in [-0.39, 0.29) is 6.61 Å². The Bertz CT molecular complexity index is 107. The Morgan fingerprint density at radius 1 is 1.62 bits per heavy atom. The number of carboxylic acids is 1. The van der Waals surface area contributed by atoms with Crippen LogP contribution in [0.25, 0.3) is 0 Å². The van der Waals surface area contributed by atoms with Gasteiger partial charge in [0.25, 0.3) is 0 Å². The summed E-state index contributed by atoms with van der Waals surface area (Å²) in [4.78, 5) is 19.5. The van der Waals surface area contributed by atoms with Gasteiger partial charge in [0.15, 0.2) is 0 Å². The molecule has 0 aromatic rings. The van der Waals surface area contributed by atoms with E-state index in [1.807, 2.05) is 0 Å². The Morgan fingerprint density at radius 2 is 2.12 bits per heavy atom. The predicted molar refractivity (Wildman–Crippen MR) is 24.3 cm³/mol. The Balaban J connectivity index is 3.49. The number of rotatable bonds is 1. The normalized spacial score (nSPS) is 8.12. The summed E-state index contributed by atoms with van der Waals surface area (Å²) >= 11 is 0. The maximum atomic E-state index is 9.92. The number of hydrogen-bond donors (Lipinski definition) is 1. The average molecular weight is 118 g/mol. The summed E-state index contributed by atoms with van der Waals surface area (Å²) < 4.78 is 4.06. The number of esters is 1. The molecule has 0 aliphatic heterocycles. The second-order valence-electron chi connectivity index (χ2n) is 1.03. The molecule has 0 rings (SSSR count). The fraction of sp³-hybridized carbons (Fsp3) is 0.500. The molecule has 0 heterocycles. The standard InChI is InChI=1S/C4H6O4/c1-2-8-4(7)3(5)6/h2H2,1H3,(H,5,6). The minimum absolute atomic E-state index is 0.102. The van der Waals surface area contributed by atoms with Gasteiger partial charge in [0.05, 0.1) is 6.61 Å². The van der Waals surface area contributed by atoms with Gasteiger partial charge in [0.2, 0.25) is 0 Å². The zero-order valence-electron chi connectivity index (χ0n) is 4.38. The van der Waals surface area contributed by atoms with E-state index in [4.69, 9.17) is 5.11 Å². The van der Waals surface area contributed by atoms with Crippen LogP contribution in [0, 0.1) is 0 Å². The molecule has 8 heavy (non-hydrogen) atoms. The Labute approximate surface area is 46.1 Å². The second-order valence-corrected chi connectivity index (χ2v) is 1.03. The van der Waals surface area contributed by atoms with Crippen molar-refractivity contribution < 1.29 is 19.4 Å². The quantitative estimate of drug-likeness (QED) is 0.377. The van der Waals surface area contributed by atoms with Crippen LogP contribution in [0.4, 0.5) is 0 Å². The molecule has 0 aliphatic rings. The van der Waals surface area contributed by atoms with Gasteiger partial charge in [-0.25, -0.2) is 9.59 Å². The van der Waals surface area contributed by atoms with Gasteiger partial charge in [-0.05, 0) is 6.92 Å². The molecule has 0 radical (unpaired) electrons. The summed E-state index contributed by atoms with van der Waals surface area (Å²) in [5, 5.41) is 7.84. The lowest BCUT2D eigenvalue weighted by Crippen LogP contribution is -2.15. The Kier molecular flexibility index (Phi) is 2.61. The van der Waals surface area contributed by atoms with E-state index in [1.165, 1.54) is 0 Å². The molecule has 0 saturated heterocycles. The van der Waals surface area contributed by atoms with Gasteiger partial charge >= 0.3 is 11.9 Å². The summed E-state index contributed by atoms with van der Waals surface area (Å²) in [6, 6.07) is 0. The lowest BCUT2D eigenvalue weighted by atomic mass is 10.7. The molecule has 0 aromatic carbocycles. The third-order valence-corrected chi connectivity index (χ3v) is 0.450. The highest BCUT2D eigenvalue weighted by atomic mass is 16.6. The van der Waals surface area contributed by atoms with Crippen molar-refractivity contribution in [3.05, 3.63) is 0 Å². The molecule has 1 N–H and O–H groups in total. The fourth-order valence-corrected chi connectivity index (χ4v) is 0.193. The van der Waals surface area contributed by atoms with Crippen molar-refractivity contribution in [1.29, 1.82) is 0 Å². The third-order valence-electron chi connectivity index (χ3n) is 0.450. The van der Waals surface area contributed by atoms with Crippen LogP contribution in [-0.4, -0.2) is 23.7 Å². The van der Waals surface area contributed by atoms with E-state index in [2.05, 4.69) is 4.74 Å². The number of carbonyl (C=O) groups excluding carboxylic acids is 1. The minimum Gasteiger partial charge on any atom is -0.473 e. The largest absolute Gasteiger partial charge is 0.473 e. The number of carboxylic acid groups (broad SMARTS) is 1. The smallest absolute Gasteiger partial charge is 0.417 e. The summed E-state index contributed by atoms with van der Waals surface area (Å²) in [5.74, 6) is -2.75. The topological polar surface area (TPSA) is 63.6 Å². The van der Waals surface area contributed by atoms with Crippen molar-refractivity contribution in [2.24, 2.45) is 0 Å². The van der Waals surface area contributed by atoms with Gasteiger partial charge in [-0.1, -0.05) is 0 Å². The van der Waals surface area contributed by atoms with Gasteiger partial charge in [0, 0.05) is 0 Å². The number of hydrogen-bond acceptors (Lipinski definition) is 3. The fourth-order valence-electron chi connectivity index (χ4n) is 0.193. The van der Waals surface area contributed by atoms with Crippen LogP contribution < -0.4 is 0 Å². The number of ether oxygens (including phenoxy) is 1. The maximum Gasteiger partial charge on any atom is 0.417 e. The lowest BCUT2D eigenvalue weighted by molar-refractivity contribution is -0.163. The zero-order valence-corrected chi connectivity index (χ0v) is 4.38. The van der Waals surface area contributed by atoms with Crippen molar-refractivity contribution in [2.45, 2.75) is 6.92 Å². The molecule has 0 amide bonds. The molecule has 0 saturated carbocycles. The van der Waals surface area contributed by atoms with Crippen LogP contribution in [0.5, 0.6) is 0 Å². The van der Waals surface area contributed by atoms with Crippen molar-refractivity contribution in [3.8, 4) is 0 Å². The highest BCUT2D eigenvalue weighted by Crippen LogP contribution is 1.74. The predicted octanol–water partition coefficient (Wildman–Crippen LogP) is -0.366. The first kappa shape index (κ1) is 6.94. The first-order valence-corrected chi connectivity index (χ1v) is 2.08. The van der Waals surface area contributed by atoms with Crippen molar-refractivity contribution in [3.63, 3.8) is 0 Å². The Morgan fingerprint density at radius 3 is 2.25 bits per heavy atom. The highest BCUT2D eigenvalue weighted by Gasteiger charge is 2.09. The summed E-state index contributed by atoms with van der Waals surface area (Å²) in [7, 11) is 0. The van der Waals surface area contributed by atoms with Crippen LogP contribution in [0.15, 0.2) is 0 Å². The Hall–Kier alpha value is -1.06. The van der Waals surface area contributed by atoms with Gasteiger partial charge in [-0.2, -0.15) is 0 Å². The van der Waals surface area contributed by atoms with Crippen LogP contribution in [-0.2, 0) is 14.3 Å². The van der Waals surface area contributed by atoms with Crippen LogP contribution >= 0.6 is 0 Å². The van der Waals surface area contributed by atoms with Crippen LogP contribution in [0.3, 0.4) is 0 Å². The van der Waals surface area contributed by atoms with Crippen molar-refractivity contribution >= 4 is 11.9 Å². The molecule has 0 spiro atoms. The van der Waals surface area contributed by atoms with E-state index in [0.717, 1.165) is 0 Å². The highest BCUT2D eigenvalue weighted by molar-refractivity contribution is 6.28. The van der Waals surface area contributed by atoms with Gasteiger partial charge in [0.1, 0.15) is 0 Å². The zero-order chi connectivity index (χ0) is 6.57. The molecule has 0 bridgehead atoms. The molecule has 0 fully saturated rings. The average Bonchev–Trinajstić information content (AvgIpc) is 1.67. The van der Waals surface area contributed by atoms with Gasteiger partial charge in [-0.3, -0.25) is 0 Å². The van der Waals surface area contributed by atoms with Gasteiger partial charge in [-0.15, -0.1) is 0 Å². The second kappa shape index (κ2) is 3.01. The molecule has 46 valence electrons. The van der Waals surface area contributed by atoms with E-state index in [0.29, 0.717) is 0 Å². The molecule has 4 heteroatoms. The van der Waals surface area contributed by atoms with E-state index < -0.39 is 11.9 Å². The third kappa shape index (κ3) is 2.17. The molecule has 0 unspecified atom stereocenters. The first-order chi connectivity index (χ1) is 3.68. The molecular weight excluding hydrogens is 112 g/mol. The summed E-state index contributed by atoms with van der Waals surface area (Å²) in [6.45, 7) is 1.64. The lowest BCUT2D eigenvalue weighted by Gasteiger charge is -1.91. The molecule has 4 nitrogen and oxygen atoms in total. The van der Waals surface area contributed by atoms with Crippen LogP contribution in [0.2, 0.25) is 0 Å². The van der Waals surface area contributed by atoms with Crippen LogP contribution in [0.1, 0.15) is 6.92 Å². The SMILES string of the molecule is CCOC(=O)C(=O)O. The monoisotopic (exact) mass is 118 g/mol. The van der Waals surface area contributed by atoms with E-state index >= 15 is 0 Å². The number of carbonyl (C=O) groups is 2. The van der Waals surface area contributed by atoms with Gasteiger partial charge < -0.3 is 9.84 Å². The van der Waals surface area contributed by atoms with Crippen molar-refractivity contribution in [2.75, 3.05) is 6.61 Å². The molecule has 0 aromatic heterocycles. The van der Waals surface area contributed by atoms with Crippen molar-refractivity contribution in [1.82, 2.24) is 0 Å². The van der Waals surface area contributed by atoms with E-state index in [9.17, 15) is 9.59 Å². The number of aliphatic carboxylic acids is 1. The minimum atomic E-state index is -1.55. The summed E-state index contributed by atoms with van der Waals surface area (Å²) in [5.41, 5.74) is 0.